The van der Waals surface area contributed by atoms with Crippen molar-refractivity contribution in [3.05, 3.63) is 0 Å². The Balaban J connectivity index is 0. The maximum atomic E-state index is 10.7. The molecule has 0 aromatic rings. The first-order chi connectivity index (χ1) is 7.45. The maximum absolute atomic E-state index is 10.7. The van der Waals surface area contributed by atoms with Crippen LogP contribution in [0.15, 0.2) is 0 Å². The molecule has 0 aromatic carbocycles. The lowest BCUT2D eigenvalue weighted by molar-refractivity contribution is -0.118. The van der Waals surface area contributed by atoms with Crippen LogP contribution in [0.3, 0.4) is 0 Å². The first kappa shape index (κ1) is 17.7. The first-order valence-corrected chi connectivity index (χ1v) is 6.25. The Bertz CT molecular complexity index is 190. The predicted molar refractivity (Wildman–Crippen MR) is 71.1 cm³/mol. The number of ketones is 1. The number of nitrogens with one attached hydrogen (secondary N) is 1. The van der Waals surface area contributed by atoms with Crippen LogP contribution in [0, 0.1) is 5.41 Å². The van der Waals surface area contributed by atoms with Gasteiger partial charge in [-0.15, -0.1) is 0 Å². The molecule has 3 heteroatoms. The summed E-state index contributed by atoms with van der Waals surface area (Å²) >= 11 is 0. The second-order valence-corrected chi connectivity index (χ2v) is 4.20. The minimum atomic E-state index is -0.216. The van der Waals surface area contributed by atoms with E-state index < -0.39 is 0 Å². The molecule has 0 unspecified atom stereocenters. The minimum absolute atomic E-state index is 0.112. The van der Waals surface area contributed by atoms with E-state index >= 15 is 0 Å². The van der Waals surface area contributed by atoms with Crippen molar-refractivity contribution in [2.45, 2.75) is 72.3 Å². The Labute approximate surface area is 100 Å². The van der Waals surface area contributed by atoms with Crippen molar-refractivity contribution in [2.24, 2.45) is 5.73 Å². The van der Waals surface area contributed by atoms with Crippen molar-refractivity contribution in [1.29, 1.82) is 5.41 Å². The molecule has 0 aromatic heterocycles. The number of hydrogen-bond acceptors (Lipinski definition) is 3. The molecule has 0 rings (SSSR count). The molecule has 0 aliphatic heterocycles. The van der Waals surface area contributed by atoms with Gasteiger partial charge in [-0.2, -0.15) is 0 Å². The van der Waals surface area contributed by atoms with Crippen LogP contribution in [-0.4, -0.2) is 17.5 Å². The molecule has 3 nitrogen and oxygen atoms in total. The Morgan fingerprint density at radius 2 is 1.69 bits per heavy atom. The van der Waals surface area contributed by atoms with E-state index in [9.17, 15) is 4.79 Å². The average Bonchev–Trinajstić information content (AvgIpc) is 2.24. The number of unbranched alkanes of at least 4 members (excludes halogenated alkanes) is 3. The Morgan fingerprint density at radius 1 is 1.19 bits per heavy atom. The molecule has 96 valence electrons. The fourth-order valence-corrected chi connectivity index (χ4v) is 0.994. The molecule has 0 bridgehead atoms. The number of Topliss-reactive ketones (excluding diaryl/α,β-unsaturated/α-hetero) is 1. The number of rotatable bonds is 7. The van der Waals surface area contributed by atoms with Crippen molar-refractivity contribution >= 4 is 11.5 Å². The Morgan fingerprint density at radius 3 is 2.00 bits per heavy atom. The van der Waals surface area contributed by atoms with Crippen molar-refractivity contribution in [1.82, 2.24) is 0 Å². The molecule has 1 atom stereocenters. The number of carbonyl (C=O) groups excluding carboxylic acids is 1. The largest absolute Gasteiger partial charge is 0.322 e. The summed E-state index contributed by atoms with van der Waals surface area (Å²) < 4.78 is 0. The van der Waals surface area contributed by atoms with Gasteiger partial charge in [0.15, 0.2) is 0 Å². The van der Waals surface area contributed by atoms with E-state index in [1.54, 1.807) is 13.8 Å². The molecule has 0 saturated heterocycles. The van der Waals surface area contributed by atoms with E-state index in [1.807, 2.05) is 6.92 Å². The lowest BCUT2D eigenvalue weighted by atomic mass is 10.1. The maximum Gasteiger partial charge on any atom is 0.146 e. The Hall–Kier alpha value is -0.700. The fourth-order valence-electron chi connectivity index (χ4n) is 0.994. The van der Waals surface area contributed by atoms with Gasteiger partial charge in [0, 0.05) is 5.71 Å². The molecule has 0 saturated carbocycles. The lowest BCUT2D eigenvalue weighted by Crippen LogP contribution is -2.27. The molecule has 0 heterocycles. The summed E-state index contributed by atoms with van der Waals surface area (Å²) in [5, 5.41) is 6.74. The van der Waals surface area contributed by atoms with Gasteiger partial charge in [-0.1, -0.05) is 39.5 Å². The smallest absolute Gasteiger partial charge is 0.146 e. The topological polar surface area (TPSA) is 66.9 Å². The summed E-state index contributed by atoms with van der Waals surface area (Å²) in [6, 6.07) is -0.216. The standard InChI is InChI=1S/C9H19NO.C4H9N/c1-3-4-5-6-7-9(10)8(2)11;1-3-4(2)5/h9H,3-7,10H2,1-2H3;5H,3H2,1-2H3/t9-;/m1./s1. The van der Waals surface area contributed by atoms with E-state index in [1.165, 1.54) is 19.3 Å². The van der Waals surface area contributed by atoms with Crippen molar-refractivity contribution in [2.75, 3.05) is 0 Å². The second-order valence-electron chi connectivity index (χ2n) is 4.20. The zero-order valence-electron chi connectivity index (χ0n) is 11.3. The highest BCUT2D eigenvalue weighted by Gasteiger charge is 2.05. The third-order valence-corrected chi connectivity index (χ3v) is 2.42. The zero-order chi connectivity index (χ0) is 13.0. The van der Waals surface area contributed by atoms with Crippen LogP contribution in [0.5, 0.6) is 0 Å². The highest BCUT2D eigenvalue weighted by Crippen LogP contribution is 2.04. The predicted octanol–water partition coefficient (Wildman–Crippen LogP) is 3.31. The van der Waals surface area contributed by atoms with E-state index in [-0.39, 0.29) is 11.8 Å². The summed E-state index contributed by atoms with van der Waals surface area (Å²) in [7, 11) is 0. The van der Waals surface area contributed by atoms with Crippen LogP contribution < -0.4 is 5.73 Å². The fraction of sp³-hybridized carbons (Fsp3) is 0.846. The lowest BCUT2D eigenvalue weighted by Gasteiger charge is -2.05. The van der Waals surface area contributed by atoms with Gasteiger partial charge in [-0.05, 0) is 26.7 Å². The van der Waals surface area contributed by atoms with Crippen LogP contribution in [-0.2, 0) is 4.79 Å². The van der Waals surface area contributed by atoms with Gasteiger partial charge in [0.25, 0.3) is 0 Å². The van der Waals surface area contributed by atoms with Crippen molar-refractivity contribution < 1.29 is 4.79 Å². The summed E-state index contributed by atoms with van der Waals surface area (Å²) in [5.74, 6) is 0.112. The van der Waals surface area contributed by atoms with E-state index in [4.69, 9.17) is 11.1 Å². The summed E-state index contributed by atoms with van der Waals surface area (Å²) in [4.78, 5) is 10.7. The second kappa shape index (κ2) is 12.4. The van der Waals surface area contributed by atoms with Gasteiger partial charge in [0.2, 0.25) is 0 Å². The van der Waals surface area contributed by atoms with Gasteiger partial charge in [0.05, 0.1) is 6.04 Å². The molecular formula is C13H28N2O. The molecule has 0 aliphatic rings. The number of carbonyl (C=O) groups is 1. The van der Waals surface area contributed by atoms with Gasteiger partial charge >= 0.3 is 0 Å². The SMILES string of the molecule is CCC(C)=N.CCCCCC[C@@H](N)C(C)=O. The van der Waals surface area contributed by atoms with E-state index in [0.29, 0.717) is 0 Å². The van der Waals surface area contributed by atoms with Crippen molar-refractivity contribution in [3.8, 4) is 0 Å². The molecule has 0 amide bonds. The number of hydrogen-bond donors (Lipinski definition) is 2. The highest BCUT2D eigenvalue weighted by atomic mass is 16.1. The third-order valence-electron chi connectivity index (χ3n) is 2.42. The summed E-state index contributed by atoms with van der Waals surface area (Å²) in [5.41, 5.74) is 6.30. The normalized spacial score (nSPS) is 11.3. The molecule has 0 fully saturated rings. The molecule has 0 spiro atoms. The molecule has 0 radical (unpaired) electrons. The van der Waals surface area contributed by atoms with Crippen LogP contribution in [0.4, 0.5) is 0 Å². The molecular weight excluding hydrogens is 200 g/mol. The third kappa shape index (κ3) is 15.8. The van der Waals surface area contributed by atoms with E-state index in [2.05, 4.69) is 6.92 Å². The molecule has 0 aliphatic carbocycles. The summed E-state index contributed by atoms with van der Waals surface area (Å²) in [6.07, 6.45) is 6.53. The Kier molecular flexibility index (Phi) is 13.7. The van der Waals surface area contributed by atoms with Gasteiger partial charge in [-0.25, -0.2) is 0 Å². The van der Waals surface area contributed by atoms with Crippen LogP contribution in [0.2, 0.25) is 0 Å². The van der Waals surface area contributed by atoms with Crippen molar-refractivity contribution in [3.63, 3.8) is 0 Å². The summed E-state index contributed by atoms with van der Waals surface area (Å²) in [6.45, 7) is 7.51. The monoisotopic (exact) mass is 228 g/mol. The van der Waals surface area contributed by atoms with Gasteiger partial charge in [0.1, 0.15) is 5.78 Å². The number of nitrogens with two attached hydrogens (primary N) is 1. The van der Waals surface area contributed by atoms with E-state index in [0.717, 1.165) is 25.0 Å². The first-order valence-electron chi connectivity index (χ1n) is 6.25. The van der Waals surface area contributed by atoms with Crippen LogP contribution >= 0.6 is 0 Å². The van der Waals surface area contributed by atoms with Crippen LogP contribution in [0.1, 0.15) is 66.2 Å². The molecule has 3 N–H and O–H groups in total. The van der Waals surface area contributed by atoms with Gasteiger partial charge < -0.3 is 11.1 Å². The highest BCUT2D eigenvalue weighted by molar-refractivity contribution is 5.81. The van der Waals surface area contributed by atoms with Crippen LogP contribution in [0.25, 0.3) is 0 Å². The average molecular weight is 228 g/mol. The molecule has 16 heavy (non-hydrogen) atoms. The zero-order valence-corrected chi connectivity index (χ0v) is 11.3. The quantitative estimate of drug-likeness (QED) is 0.518. The minimum Gasteiger partial charge on any atom is -0.322 e. The van der Waals surface area contributed by atoms with Gasteiger partial charge in [-0.3, -0.25) is 4.79 Å².